The van der Waals surface area contributed by atoms with Crippen LogP contribution >= 0.6 is 0 Å². The molecule has 0 saturated carbocycles. The van der Waals surface area contributed by atoms with Gasteiger partial charge in [-0.3, -0.25) is 10.1 Å². The quantitative estimate of drug-likeness (QED) is 0.476. The van der Waals surface area contributed by atoms with E-state index in [9.17, 15) is 18.5 Å². The standard InChI is InChI=1S/C12H18N4O4S/c1-15-6-4-9(5-7-15)14-21(19,20)10-2-3-11(13)12(8-10)16(17)18/h2-3,8-9,14H,4-7,13H2,1H3. The molecule has 1 aromatic rings. The zero-order chi connectivity index (χ0) is 15.6. The molecule has 1 aliphatic rings. The van der Waals surface area contributed by atoms with Crippen molar-refractivity contribution in [1.29, 1.82) is 0 Å². The van der Waals surface area contributed by atoms with E-state index in [2.05, 4.69) is 9.62 Å². The summed E-state index contributed by atoms with van der Waals surface area (Å²) in [5, 5.41) is 10.8. The molecule has 0 amide bonds. The molecule has 9 heteroatoms. The van der Waals surface area contributed by atoms with Gasteiger partial charge in [0.2, 0.25) is 10.0 Å². The van der Waals surface area contributed by atoms with Gasteiger partial charge in [0.05, 0.1) is 9.82 Å². The van der Waals surface area contributed by atoms with Crippen molar-refractivity contribution >= 4 is 21.4 Å². The van der Waals surface area contributed by atoms with Gasteiger partial charge in [-0.05, 0) is 45.1 Å². The molecule has 2 rings (SSSR count). The van der Waals surface area contributed by atoms with Gasteiger partial charge in [0, 0.05) is 12.1 Å². The van der Waals surface area contributed by atoms with Crippen molar-refractivity contribution in [2.24, 2.45) is 0 Å². The van der Waals surface area contributed by atoms with E-state index < -0.39 is 20.6 Å². The monoisotopic (exact) mass is 314 g/mol. The maximum Gasteiger partial charge on any atom is 0.293 e. The Balaban J connectivity index is 2.20. The lowest BCUT2D eigenvalue weighted by atomic mass is 10.1. The van der Waals surface area contributed by atoms with Crippen LogP contribution in [0.3, 0.4) is 0 Å². The third-order valence-corrected chi connectivity index (χ3v) is 5.07. The molecule has 3 N–H and O–H groups in total. The van der Waals surface area contributed by atoms with Gasteiger partial charge in [0.15, 0.2) is 0 Å². The summed E-state index contributed by atoms with van der Waals surface area (Å²) in [4.78, 5) is 12.1. The van der Waals surface area contributed by atoms with E-state index in [0.717, 1.165) is 19.2 Å². The zero-order valence-corrected chi connectivity index (χ0v) is 12.5. The molecule has 1 fully saturated rings. The van der Waals surface area contributed by atoms with Crippen LogP contribution in [0.15, 0.2) is 23.1 Å². The number of sulfonamides is 1. The summed E-state index contributed by atoms with van der Waals surface area (Å²) < 4.78 is 27.2. The highest BCUT2D eigenvalue weighted by atomic mass is 32.2. The molecule has 0 spiro atoms. The van der Waals surface area contributed by atoms with Crippen LogP contribution in [0.2, 0.25) is 0 Å². The number of nitrogen functional groups attached to an aromatic ring is 1. The van der Waals surface area contributed by atoms with E-state index in [1.807, 2.05) is 7.05 Å². The van der Waals surface area contributed by atoms with Crippen LogP contribution < -0.4 is 10.5 Å². The molecular formula is C12H18N4O4S. The zero-order valence-electron chi connectivity index (χ0n) is 11.7. The molecule has 1 saturated heterocycles. The summed E-state index contributed by atoms with van der Waals surface area (Å²) in [6, 6.07) is 3.36. The first-order valence-corrected chi connectivity index (χ1v) is 8.03. The third-order valence-electron chi connectivity index (χ3n) is 3.55. The van der Waals surface area contributed by atoms with Gasteiger partial charge in [0.1, 0.15) is 5.69 Å². The van der Waals surface area contributed by atoms with Gasteiger partial charge < -0.3 is 10.6 Å². The number of nitrogens with two attached hydrogens (primary N) is 1. The number of piperidine rings is 1. The molecule has 116 valence electrons. The Morgan fingerprint density at radius 2 is 2.00 bits per heavy atom. The molecule has 1 aromatic carbocycles. The molecule has 21 heavy (non-hydrogen) atoms. The Bertz CT molecular complexity index is 639. The lowest BCUT2D eigenvalue weighted by Gasteiger charge is -2.29. The molecule has 0 atom stereocenters. The lowest BCUT2D eigenvalue weighted by Crippen LogP contribution is -2.43. The van der Waals surface area contributed by atoms with Gasteiger partial charge >= 0.3 is 0 Å². The van der Waals surface area contributed by atoms with Gasteiger partial charge in [-0.1, -0.05) is 0 Å². The minimum atomic E-state index is -3.78. The average Bonchev–Trinajstić information content (AvgIpc) is 2.41. The normalized spacial score (nSPS) is 17.8. The van der Waals surface area contributed by atoms with Crippen molar-refractivity contribution in [2.45, 2.75) is 23.8 Å². The summed E-state index contributed by atoms with van der Waals surface area (Å²) in [6.07, 6.45) is 1.43. The molecule has 0 aromatic heterocycles. The first kappa shape index (κ1) is 15.7. The highest BCUT2D eigenvalue weighted by molar-refractivity contribution is 7.89. The predicted octanol–water partition coefficient (Wildman–Crippen LogP) is 0.550. The van der Waals surface area contributed by atoms with E-state index in [1.165, 1.54) is 12.1 Å². The Morgan fingerprint density at radius 1 is 1.38 bits per heavy atom. The topological polar surface area (TPSA) is 119 Å². The smallest absolute Gasteiger partial charge is 0.293 e. The summed E-state index contributed by atoms with van der Waals surface area (Å²) in [7, 11) is -1.80. The minimum absolute atomic E-state index is 0.0572. The number of hydrogen-bond acceptors (Lipinski definition) is 6. The largest absolute Gasteiger partial charge is 0.393 e. The first-order chi connectivity index (χ1) is 9.79. The fourth-order valence-electron chi connectivity index (χ4n) is 2.26. The van der Waals surface area contributed by atoms with Gasteiger partial charge in [-0.2, -0.15) is 0 Å². The number of benzene rings is 1. The molecule has 0 radical (unpaired) electrons. The van der Waals surface area contributed by atoms with Crippen LogP contribution in [0, 0.1) is 10.1 Å². The van der Waals surface area contributed by atoms with Gasteiger partial charge in [-0.25, -0.2) is 13.1 Å². The van der Waals surface area contributed by atoms with E-state index >= 15 is 0 Å². The lowest BCUT2D eigenvalue weighted by molar-refractivity contribution is -0.384. The Kier molecular flexibility index (Phi) is 4.45. The van der Waals surface area contributed by atoms with Crippen LogP contribution in [0.4, 0.5) is 11.4 Å². The molecule has 1 aliphatic heterocycles. The summed E-state index contributed by atoms with van der Waals surface area (Å²) >= 11 is 0. The van der Waals surface area contributed by atoms with Crippen LogP contribution in [-0.4, -0.2) is 44.4 Å². The Hall–Kier alpha value is -1.71. The fraction of sp³-hybridized carbons (Fsp3) is 0.500. The second kappa shape index (κ2) is 5.96. The number of anilines is 1. The first-order valence-electron chi connectivity index (χ1n) is 6.54. The maximum atomic E-state index is 12.3. The van der Waals surface area contributed by atoms with Crippen molar-refractivity contribution in [2.75, 3.05) is 25.9 Å². The van der Waals surface area contributed by atoms with Crippen molar-refractivity contribution in [1.82, 2.24) is 9.62 Å². The fourth-order valence-corrected chi connectivity index (χ4v) is 3.59. The number of likely N-dealkylation sites (tertiary alicyclic amines) is 1. The van der Waals surface area contributed by atoms with Crippen molar-refractivity contribution in [3.63, 3.8) is 0 Å². The molecule has 8 nitrogen and oxygen atoms in total. The van der Waals surface area contributed by atoms with Crippen LogP contribution in [0.5, 0.6) is 0 Å². The molecule has 0 aliphatic carbocycles. The van der Waals surface area contributed by atoms with E-state index in [-0.39, 0.29) is 16.6 Å². The number of nitro benzene ring substituents is 1. The van der Waals surface area contributed by atoms with Gasteiger partial charge in [-0.15, -0.1) is 0 Å². The molecule has 0 unspecified atom stereocenters. The molecule has 0 bridgehead atoms. The van der Waals surface area contributed by atoms with Crippen molar-refractivity contribution < 1.29 is 13.3 Å². The van der Waals surface area contributed by atoms with Crippen LogP contribution in [0.1, 0.15) is 12.8 Å². The Labute approximate surface area is 123 Å². The second-order valence-electron chi connectivity index (χ2n) is 5.18. The van der Waals surface area contributed by atoms with Gasteiger partial charge in [0.25, 0.3) is 5.69 Å². The number of nitro groups is 1. The molecular weight excluding hydrogens is 296 g/mol. The SMILES string of the molecule is CN1CCC(NS(=O)(=O)c2ccc(N)c([N+](=O)[O-])c2)CC1. The minimum Gasteiger partial charge on any atom is -0.393 e. The highest BCUT2D eigenvalue weighted by Crippen LogP contribution is 2.25. The second-order valence-corrected chi connectivity index (χ2v) is 6.89. The number of nitrogens with zero attached hydrogens (tertiary/aromatic N) is 2. The Morgan fingerprint density at radius 3 is 2.57 bits per heavy atom. The summed E-state index contributed by atoms with van der Waals surface area (Å²) in [5.41, 5.74) is 5.01. The van der Waals surface area contributed by atoms with E-state index in [4.69, 9.17) is 5.73 Å². The predicted molar refractivity (Wildman–Crippen MR) is 78.3 cm³/mol. The summed E-state index contributed by atoms with van der Waals surface area (Å²) in [6.45, 7) is 1.63. The summed E-state index contributed by atoms with van der Waals surface area (Å²) in [5.74, 6) is 0. The maximum absolute atomic E-state index is 12.3. The number of rotatable bonds is 4. The third kappa shape index (κ3) is 3.69. The van der Waals surface area contributed by atoms with Crippen LogP contribution in [-0.2, 0) is 10.0 Å². The average molecular weight is 314 g/mol. The number of nitrogens with one attached hydrogen (secondary N) is 1. The highest BCUT2D eigenvalue weighted by Gasteiger charge is 2.25. The van der Waals surface area contributed by atoms with E-state index in [1.54, 1.807) is 0 Å². The number of hydrogen-bond donors (Lipinski definition) is 2. The van der Waals surface area contributed by atoms with Crippen LogP contribution in [0.25, 0.3) is 0 Å². The van der Waals surface area contributed by atoms with Crippen molar-refractivity contribution in [3.05, 3.63) is 28.3 Å². The molecule has 1 heterocycles. The van der Waals surface area contributed by atoms with E-state index in [0.29, 0.717) is 12.8 Å². The van der Waals surface area contributed by atoms with Crippen molar-refractivity contribution in [3.8, 4) is 0 Å².